The predicted molar refractivity (Wildman–Crippen MR) is 141 cm³/mol. The maximum Gasteiger partial charge on any atom is 0.329 e. The van der Waals surface area contributed by atoms with Crippen molar-refractivity contribution in [2.24, 2.45) is 0 Å². The normalized spacial score (nSPS) is 15.9. The van der Waals surface area contributed by atoms with Gasteiger partial charge >= 0.3 is 11.9 Å². The van der Waals surface area contributed by atoms with Gasteiger partial charge in [-0.05, 0) is 43.4 Å². The quantitative estimate of drug-likeness (QED) is 0.166. The Bertz CT molecular complexity index is 1130. The molecule has 3 rings (SSSR count). The summed E-state index contributed by atoms with van der Waals surface area (Å²) < 4.78 is 10.6. The third-order valence-electron chi connectivity index (χ3n) is 6.49. The lowest BCUT2D eigenvalue weighted by atomic mass is 9.93. The molecule has 1 amide bonds. The van der Waals surface area contributed by atoms with E-state index >= 15 is 0 Å². The molecular formula is C28H35N3O8. The number of hydrogen-bond donors (Lipinski definition) is 1. The summed E-state index contributed by atoms with van der Waals surface area (Å²) in [6.45, 7) is 3.54. The number of rotatable bonds is 14. The van der Waals surface area contributed by atoms with Crippen molar-refractivity contribution < 1.29 is 33.8 Å². The van der Waals surface area contributed by atoms with Crippen LogP contribution in [0.1, 0.15) is 43.4 Å². The zero-order valence-electron chi connectivity index (χ0n) is 22.2. The van der Waals surface area contributed by atoms with Gasteiger partial charge < -0.3 is 19.2 Å². The SMILES string of the molecule is CCOC(=O)C(CCc1ccccc1)NC(C)C(=O)N1Cc2ccccc2CC1C(=O)OCCCO[N+](=O)[O-]. The highest BCUT2D eigenvalue weighted by atomic mass is 16.9. The Hall–Kier alpha value is -3.99. The number of hydrogen-bond acceptors (Lipinski definition) is 9. The first-order valence-electron chi connectivity index (χ1n) is 13.1. The van der Waals surface area contributed by atoms with E-state index in [9.17, 15) is 24.5 Å². The van der Waals surface area contributed by atoms with Gasteiger partial charge in [-0.15, -0.1) is 10.1 Å². The molecule has 1 aliphatic rings. The van der Waals surface area contributed by atoms with E-state index in [-0.39, 0.29) is 45.1 Å². The molecule has 0 fully saturated rings. The summed E-state index contributed by atoms with van der Waals surface area (Å²) in [5.74, 6) is -1.39. The molecule has 11 nitrogen and oxygen atoms in total. The van der Waals surface area contributed by atoms with Crippen LogP contribution in [0.2, 0.25) is 0 Å². The Morgan fingerprint density at radius 1 is 1.05 bits per heavy atom. The van der Waals surface area contributed by atoms with Crippen LogP contribution in [0.3, 0.4) is 0 Å². The number of ether oxygens (including phenoxy) is 2. The fraction of sp³-hybridized carbons (Fsp3) is 0.464. The van der Waals surface area contributed by atoms with Crippen molar-refractivity contribution in [1.29, 1.82) is 0 Å². The highest BCUT2D eigenvalue weighted by Gasteiger charge is 2.38. The van der Waals surface area contributed by atoms with Crippen LogP contribution in [0.15, 0.2) is 54.6 Å². The molecule has 0 saturated heterocycles. The van der Waals surface area contributed by atoms with Crippen molar-refractivity contribution in [3.8, 4) is 0 Å². The minimum absolute atomic E-state index is 0.0783. The van der Waals surface area contributed by atoms with E-state index in [1.54, 1.807) is 13.8 Å². The molecule has 0 saturated carbocycles. The summed E-state index contributed by atoms with van der Waals surface area (Å²) in [5, 5.41) is 12.5. The molecule has 0 spiro atoms. The first-order valence-corrected chi connectivity index (χ1v) is 13.1. The van der Waals surface area contributed by atoms with Crippen molar-refractivity contribution in [2.45, 2.75) is 64.2 Å². The van der Waals surface area contributed by atoms with Gasteiger partial charge in [0.1, 0.15) is 12.1 Å². The second-order valence-corrected chi connectivity index (χ2v) is 9.25. The van der Waals surface area contributed by atoms with Crippen molar-refractivity contribution in [1.82, 2.24) is 10.2 Å². The molecule has 11 heteroatoms. The van der Waals surface area contributed by atoms with Crippen LogP contribution in [0, 0.1) is 10.1 Å². The second kappa shape index (κ2) is 14.8. The zero-order valence-corrected chi connectivity index (χ0v) is 22.2. The third kappa shape index (κ3) is 8.78. The van der Waals surface area contributed by atoms with Gasteiger partial charge in [-0.2, -0.15) is 0 Å². The molecular weight excluding hydrogens is 506 g/mol. The van der Waals surface area contributed by atoms with Crippen molar-refractivity contribution in [2.75, 3.05) is 19.8 Å². The van der Waals surface area contributed by atoms with Gasteiger partial charge in [0.05, 0.1) is 25.9 Å². The maximum absolute atomic E-state index is 13.7. The molecule has 210 valence electrons. The van der Waals surface area contributed by atoms with Gasteiger partial charge in [0.15, 0.2) is 0 Å². The average molecular weight is 542 g/mol. The Labute approximate surface area is 227 Å². The number of esters is 2. The van der Waals surface area contributed by atoms with Crippen LogP contribution < -0.4 is 5.32 Å². The molecule has 39 heavy (non-hydrogen) atoms. The number of aryl methyl sites for hydroxylation is 1. The van der Waals surface area contributed by atoms with Crippen LogP contribution in [-0.2, 0) is 48.1 Å². The standard InChI is InChI=1S/C28H35N3O8/c1-3-37-27(33)24(15-14-21-10-5-4-6-11-21)29-20(2)26(32)30-19-23-13-8-7-12-22(23)18-25(30)28(34)38-16-9-17-39-31(35)36/h4-8,10-13,20,24-25,29H,3,9,14-19H2,1-2H3. The van der Waals surface area contributed by atoms with Crippen molar-refractivity contribution in [3.05, 3.63) is 81.4 Å². The molecule has 0 aromatic heterocycles. The van der Waals surface area contributed by atoms with E-state index in [1.807, 2.05) is 54.6 Å². The monoisotopic (exact) mass is 541 g/mol. The Morgan fingerprint density at radius 3 is 2.44 bits per heavy atom. The van der Waals surface area contributed by atoms with Crippen LogP contribution in [-0.4, -0.2) is 65.8 Å². The summed E-state index contributed by atoms with van der Waals surface area (Å²) >= 11 is 0. The maximum atomic E-state index is 13.7. The average Bonchev–Trinajstić information content (AvgIpc) is 2.94. The number of fused-ring (bicyclic) bond motifs is 1. The molecule has 0 aliphatic carbocycles. The lowest BCUT2D eigenvalue weighted by Crippen LogP contribution is -2.56. The summed E-state index contributed by atoms with van der Waals surface area (Å²) in [6, 6.07) is 14.9. The summed E-state index contributed by atoms with van der Waals surface area (Å²) in [7, 11) is 0. The molecule has 3 unspecified atom stereocenters. The van der Waals surface area contributed by atoms with Gasteiger partial charge in [0.25, 0.3) is 5.09 Å². The van der Waals surface area contributed by atoms with Gasteiger partial charge in [0.2, 0.25) is 5.91 Å². The first-order chi connectivity index (χ1) is 18.8. The van der Waals surface area contributed by atoms with Gasteiger partial charge in [-0.3, -0.25) is 14.9 Å². The Balaban J connectivity index is 1.70. The molecule has 3 atom stereocenters. The first kappa shape index (κ1) is 29.6. The third-order valence-corrected chi connectivity index (χ3v) is 6.49. The number of carbonyl (C=O) groups excluding carboxylic acids is 3. The van der Waals surface area contributed by atoms with Gasteiger partial charge in [-0.1, -0.05) is 54.6 Å². The molecule has 0 radical (unpaired) electrons. The molecule has 2 aromatic rings. The van der Waals surface area contributed by atoms with E-state index in [4.69, 9.17) is 9.47 Å². The van der Waals surface area contributed by atoms with E-state index in [0.717, 1.165) is 16.7 Å². The zero-order chi connectivity index (χ0) is 28.2. The van der Waals surface area contributed by atoms with Crippen LogP contribution in [0.4, 0.5) is 0 Å². The molecule has 1 heterocycles. The van der Waals surface area contributed by atoms with Crippen molar-refractivity contribution in [3.63, 3.8) is 0 Å². The minimum atomic E-state index is -0.905. The number of carbonyl (C=O) groups is 3. The van der Waals surface area contributed by atoms with E-state index in [0.29, 0.717) is 12.8 Å². The summed E-state index contributed by atoms with van der Waals surface area (Å²) in [6.07, 6.45) is 1.46. The molecule has 1 N–H and O–H groups in total. The predicted octanol–water partition coefficient (Wildman–Crippen LogP) is 2.62. The summed E-state index contributed by atoms with van der Waals surface area (Å²) in [5.41, 5.74) is 2.92. The smallest absolute Gasteiger partial charge is 0.329 e. The van der Waals surface area contributed by atoms with Gasteiger partial charge in [-0.25, -0.2) is 4.79 Å². The lowest BCUT2D eigenvalue weighted by Gasteiger charge is -2.37. The number of nitrogens with zero attached hydrogens (tertiary/aromatic N) is 2. The molecule has 1 aliphatic heterocycles. The van der Waals surface area contributed by atoms with Crippen LogP contribution in [0.25, 0.3) is 0 Å². The van der Waals surface area contributed by atoms with Crippen molar-refractivity contribution >= 4 is 17.8 Å². The number of benzene rings is 2. The van der Waals surface area contributed by atoms with Crippen LogP contribution >= 0.6 is 0 Å². The minimum Gasteiger partial charge on any atom is -0.465 e. The van der Waals surface area contributed by atoms with E-state index in [2.05, 4.69) is 10.2 Å². The number of amides is 1. The lowest BCUT2D eigenvalue weighted by molar-refractivity contribution is -0.757. The number of nitrogens with one attached hydrogen (secondary N) is 1. The highest BCUT2D eigenvalue weighted by Crippen LogP contribution is 2.25. The topological polar surface area (TPSA) is 137 Å². The highest BCUT2D eigenvalue weighted by molar-refractivity contribution is 5.89. The van der Waals surface area contributed by atoms with Gasteiger partial charge in [0, 0.05) is 19.4 Å². The second-order valence-electron chi connectivity index (χ2n) is 9.25. The van der Waals surface area contributed by atoms with Crippen LogP contribution in [0.5, 0.6) is 0 Å². The van der Waals surface area contributed by atoms with E-state index in [1.165, 1.54) is 4.90 Å². The fourth-order valence-corrected chi connectivity index (χ4v) is 4.52. The summed E-state index contributed by atoms with van der Waals surface area (Å²) in [4.78, 5) is 55.4. The largest absolute Gasteiger partial charge is 0.465 e. The van der Waals surface area contributed by atoms with E-state index < -0.39 is 35.2 Å². The molecule has 2 aromatic carbocycles. The Morgan fingerprint density at radius 2 is 1.74 bits per heavy atom. The molecule has 0 bridgehead atoms. The fourth-order valence-electron chi connectivity index (χ4n) is 4.52. The Kier molecular flexibility index (Phi) is 11.2.